The standard InChI is InChI=1S/C12H16BrNO2/c1-8(2)11(14)12(15)16-7-9-5-3-4-6-10(9)13/h3-6,8,11H,7,14H2,1-2H3/t11-/m0/s1. The van der Waals surface area contributed by atoms with Gasteiger partial charge in [0.25, 0.3) is 0 Å². The molecule has 3 nitrogen and oxygen atoms in total. The quantitative estimate of drug-likeness (QED) is 0.865. The normalized spacial score (nSPS) is 12.6. The number of esters is 1. The average molecular weight is 286 g/mol. The van der Waals surface area contributed by atoms with Gasteiger partial charge in [0.05, 0.1) is 0 Å². The molecule has 1 rings (SSSR count). The minimum absolute atomic E-state index is 0.0896. The predicted molar refractivity (Wildman–Crippen MR) is 66.8 cm³/mol. The van der Waals surface area contributed by atoms with E-state index in [1.54, 1.807) is 0 Å². The zero-order chi connectivity index (χ0) is 12.1. The maximum absolute atomic E-state index is 11.5. The van der Waals surface area contributed by atoms with Crippen molar-refractivity contribution in [2.75, 3.05) is 0 Å². The van der Waals surface area contributed by atoms with E-state index in [-0.39, 0.29) is 18.5 Å². The highest BCUT2D eigenvalue weighted by atomic mass is 79.9. The Balaban J connectivity index is 2.52. The summed E-state index contributed by atoms with van der Waals surface area (Å²) in [5.41, 5.74) is 6.61. The molecule has 88 valence electrons. The van der Waals surface area contributed by atoms with E-state index in [0.717, 1.165) is 10.0 Å². The summed E-state index contributed by atoms with van der Waals surface area (Å²) < 4.78 is 6.07. The first-order valence-corrected chi connectivity index (χ1v) is 5.97. The molecule has 0 aromatic heterocycles. The summed E-state index contributed by atoms with van der Waals surface area (Å²) in [7, 11) is 0. The molecule has 0 fully saturated rings. The molecule has 0 spiro atoms. The Kier molecular flexibility index (Phi) is 4.96. The van der Waals surface area contributed by atoms with Gasteiger partial charge in [-0.3, -0.25) is 4.79 Å². The van der Waals surface area contributed by atoms with Crippen LogP contribution >= 0.6 is 15.9 Å². The first-order chi connectivity index (χ1) is 7.52. The fourth-order valence-electron chi connectivity index (χ4n) is 1.13. The molecule has 2 N–H and O–H groups in total. The largest absolute Gasteiger partial charge is 0.460 e. The fourth-order valence-corrected chi connectivity index (χ4v) is 1.53. The van der Waals surface area contributed by atoms with Gasteiger partial charge in [0.15, 0.2) is 0 Å². The van der Waals surface area contributed by atoms with Crippen LogP contribution in [-0.2, 0) is 16.1 Å². The van der Waals surface area contributed by atoms with Crippen molar-refractivity contribution in [3.05, 3.63) is 34.3 Å². The molecule has 0 bridgehead atoms. The fraction of sp³-hybridized carbons (Fsp3) is 0.417. The zero-order valence-corrected chi connectivity index (χ0v) is 11.0. The molecule has 0 amide bonds. The Hall–Kier alpha value is -0.870. The van der Waals surface area contributed by atoms with Crippen molar-refractivity contribution in [2.24, 2.45) is 11.7 Å². The lowest BCUT2D eigenvalue weighted by Gasteiger charge is -2.14. The van der Waals surface area contributed by atoms with Crippen LogP contribution in [0.4, 0.5) is 0 Å². The third kappa shape index (κ3) is 3.61. The van der Waals surface area contributed by atoms with Crippen LogP contribution in [-0.4, -0.2) is 12.0 Å². The van der Waals surface area contributed by atoms with Gasteiger partial charge in [-0.15, -0.1) is 0 Å². The molecule has 0 unspecified atom stereocenters. The number of halogens is 1. The summed E-state index contributed by atoms with van der Waals surface area (Å²) in [5.74, 6) is -0.266. The molecule has 1 aromatic carbocycles. The predicted octanol–water partition coefficient (Wildman–Crippen LogP) is 2.48. The summed E-state index contributed by atoms with van der Waals surface area (Å²) in [6.07, 6.45) is 0. The first-order valence-electron chi connectivity index (χ1n) is 5.18. The number of ether oxygens (including phenoxy) is 1. The van der Waals surface area contributed by atoms with Crippen LogP contribution in [0.2, 0.25) is 0 Å². The number of carbonyl (C=O) groups is 1. The third-order valence-corrected chi connectivity index (χ3v) is 3.09. The van der Waals surface area contributed by atoms with Crippen LogP contribution in [0.3, 0.4) is 0 Å². The number of nitrogens with two attached hydrogens (primary N) is 1. The van der Waals surface area contributed by atoms with E-state index in [4.69, 9.17) is 10.5 Å². The Morgan fingerprint density at radius 3 is 2.62 bits per heavy atom. The average Bonchev–Trinajstić information content (AvgIpc) is 2.26. The lowest BCUT2D eigenvalue weighted by Crippen LogP contribution is -2.36. The number of benzene rings is 1. The molecular weight excluding hydrogens is 270 g/mol. The van der Waals surface area contributed by atoms with Gasteiger partial charge in [-0.05, 0) is 12.0 Å². The van der Waals surface area contributed by atoms with Gasteiger partial charge in [-0.25, -0.2) is 0 Å². The molecular formula is C12H16BrNO2. The van der Waals surface area contributed by atoms with E-state index in [1.807, 2.05) is 38.1 Å². The topological polar surface area (TPSA) is 52.3 Å². The Morgan fingerprint density at radius 1 is 1.44 bits per heavy atom. The van der Waals surface area contributed by atoms with Crippen molar-refractivity contribution in [1.82, 2.24) is 0 Å². The second-order valence-electron chi connectivity index (χ2n) is 3.97. The highest BCUT2D eigenvalue weighted by molar-refractivity contribution is 9.10. The van der Waals surface area contributed by atoms with Crippen molar-refractivity contribution in [1.29, 1.82) is 0 Å². The molecule has 0 aliphatic heterocycles. The minimum Gasteiger partial charge on any atom is -0.460 e. The zero-order valence-electron chi connectivity index (χ0n) is 9.44. The molecule has 1 atom stereocenters. The molecule has 0 aliphatic rings. The summed E-state index contributed by atoms with van der Waals surface area (Å²) >= 11 is 3.39. The summed E-state index contributed by atoms with van der Waals surface area (Å²) in [6.45, 7) is 4.04. The van der Waals surface area contributed by atoms with Gasteiger partial charge in [-0.1, -0.05) is 48.0 Å². The van der Waals surface area contributed by atoms with Crippen LogP contribution < -0.4 is 5.73 Å². The highest BCUT2D eigenvalue weighted by Gasteiger charge is 2.18. The van der Waals surface area contributed by atoms with E-state index in [0.29, 0.717) is 0 Å². The van der Waals surface area contributed by atoms with Crippen molar-refractivity contribution in [3.8, 4) is 0 Å². The van der Waals surface area contributed by atoms with E-state index in [9.17, 15) is 4.79 Å². The lowest BCUT2D eigenvalue weighted by atomic mass is 10.1. The summed E-state index contributed by atoms with van der Waals surface area (Å²) in [4.78, 5) is 11.5. The SMILES string of the molecule is CC(C)[C@H](N)C(=O)OCc1ccccc1Br. The third-order valence-electron chi connectivity index (χ3n) is 2.32. The monoisotopic (exact) mass is 285 g/mol. The van der Waals surface area contributed by atoms with Crippen molar-refractivity contribution < 1.29 is 9.53 Å². The van der Waals surface area contributed by atoms with Gasteiger partial charge in [-0.2, -0.15) is 0 Å². The molecule has 16 heavy (non-hydrogen) atoms. The van der Waals surface area contributed by atoms with Gasteiger partial charge >= 0.3 is 5.97 Å². The first kappa shape index (κ1) is 13.2. The molecule has 1 aromatic rings. The molecule has 0 saturated carbocycles. The molecule has 0 radical (unpaired) electrons. The van der Waals surface area contributed by atoms with E-state index < -0.39 is 6.04 Å². The second-order valence-corrected chi connectivity index (χ2v) is 4.82. The Bertz CT molecular complexity index is 366. The number of rotatable bonds is 4. The van der Waals surface area contributed by atoms with Crippen LogP contribution in [0.15, 0.2) is 28.7 Å². The van der Waals surface area contributed by atoms with Gasteiger partial charge < -0.3 is 10.5 Å². The van der Waals surface area contributed by atoms with Gasteiger partial charge in [0.1, 0.15) is 12.6 Å². The minimum atomic E-state index is -0.553. The molecule has 4 heteroatoms. The van der Waals surface area contributed by atoms with Crippen LogP contribution in [0.5, 0.6) is 0 Å². The van der Waals surface area contributed by atoms with Crippen molar-refractivity contribution >= 4 is 21.9 Å². The maximum atomic E-state index is 11.5. The number of carbonyl (C=O) groups excluding carboxylic acids is 1. The summed E-state index contributed by atoms with van der Waals surface area (Å²) in [5, 5.41) is 0. The van der Waals surface area contributed by atoms with Gasteiger partial charge in [0.2, 0.25) is 0 Å². The van der Waals surface area contributed by atoms with Crippen LogP contribution in [0.25, 0.3) is 0 Å². The summed E-state index contributed by atoms with van der Waals surface area (Å²) in [6, 6.07) is 7.07. The lowest BCUT2D eigenvalue weighted by molar-refractivity contribution is -0.147. The highest BCUT2D eigenvalue weighted by Crippen LogP contribution is 2.17. The van der Waals surface area contributed by atoms with Crippen LogP contribution in [0.1, 0.15) is 19.4 Å². The van der Waals surface area contributed by atoms with Crippen molar-refractivity contribution in [2.45, 2.75) is 26.5 Å². The van der Waals surface area contributed by atoms with Crippen LogP contribution in [0, 0.1) is 5.92 Å². The Labute approximate surface area is 104 Å². The number of hydrogen-bond acceptors (Lipinski definition) is 3. The second kappa shape index (κ2) is 6.01. The maximum Gasteiger partial charge on any atom is 0.323 e. The van der Waals surface area contributed by atoms with Gasteiger partial charge in [0, 0.05) is 10.0 Å². The number of hydrogen-bond donors (Lipinski definition) is 1. The van der Waals surface area contributed by atoms with E-state index >= 15 is 0 Å². The smallest absolute Gasteiger partial charge is 0.323 e. The van der Waals surface area contributed by atoms with E-state index in [2.05, 4.69) is 15.9 Å². The molecule has 0 aliphatic carbocycles. The van der Waals surface area contributed by atoms with Crippen molar-refractivity contribution in [3.63, 3.8) is 0 Å². The Morgan fingerprint density at radius 2 is 2.06 bits per heavy atom. The molecule has 0 heterocycles. The van der Waals surface area contributed by atoms with E-state index in [1.165, 1.54) is 0 Å². The molecule has 0 saturated heterocycles.